The Morgan fingerprint density at radius 2 is 1.94 bits per heavy atom. The first kappa shape index (κ1) is 14.4. The van der Waals surface area contributed by atoms with Gasteiger partial charge in [0.2, 0.25) is 0 Å². The number of sulfone groups is 1. The third-order valence-corrected chi connectivity index (χ3v) is 4.15. The molecule has 1 unspecified atom stereocenters. The van der Waals surface area contributed by atoms with Crippen LogP contribution in [0.15, 0.2) is 43.0 Å². The summed E-state index contributed by atoms with van der Waals surface area (Å²) in [5, 5.41) is 9.08. The highest BCUT2D eigenvalue weighted by Gasteiger charge is 2.24. The van der Waals surface area contributed by atoms with Gasteiger partial charge in [-0.1, -0.05) is 36.4 Å². The van der Waals surface area contributed by atoms with Crippen molar-refractivity contribution in [3.63, 3.8) is 0 Å². The molecule has 4 nitrogen and oxygen atoms in total. The van der Waals surface area contributed by atoms with E-state index in [2.05, 4.69) is 6.58 Å². The zero-order valence-electron chi connectivity index (χ0n) is 9.95. The first-order valence-electron chi connectivity index (χ1n) is 5.52. The lowest BCUT2D eigenvalue weighted by Gasteiger charge is -2.12. The van der Waals surface area contributed by atoms with E-state index in [0.29, 0.717) is 0 Å². The number of carboxylic acids is 1. The summed E-state index contributed by atoms with van der Waals surface area (Å²) < 4.78 is 23.2. The van der Waals surface area contributed by atoms with Crippen LogP contribution in [-0.4, -0.2) is 31.0 Å². The number of rotatable bonds is 7. The largest absolute Gasteiger partial charge is 0.481 e. The minimum atomic E-state index is -3.39. The second-order valence-electron chi connectivity index (χ2n) is 4.09. The maximum atomic E-state index is 11.6. The molecular weight excluding hydrogens is 252 g/mol. The maximum absolute atomic E-state index is 11.6. The van der Waals surface area contributed by atoms with Gasteiger partial charge < -0.3 is 5.11 Å². The molecule has 0 aromatic heterocycles. The van der Waals surface area contributed by atoms with E-state index in [1.807, 2.05) is 6.07 Å². The summed E-state index contributed by atoms with van der Waals surface area (Å²) in [6.45, 7) is 3.36. The molecule has 0 fully saturated rings. The molecule has 5 heteroatoms. The van der Waals surface area contributed by atoms with Gasteiger partial charge in [0.1, 0.15) is 0 Å². The first-order valence-corrected chi connectivity index (χ1v) is 7.35. The lowest BCUT2D eigenvalue weighted by Crippen LogP contribution is -2.26. The monoisotopic (exact) mass is 268 g/mol. The molecule has 0 bridgehead atoms. The fourth-order valence-electron chi connectivity index (χ4n) is 1.67. The Morgan fingerprint density at radius 1 is 1.33 bits per heavy atom. The van der Waals surface area contributed by atoms with Gasteiger partial charge >= 0.3 is 5.97 Å². The van der Waals surface area contributed by atoms with Crippen molar-refractivity contribution >= 4 is 15.8 Å². The van der Waals surface area contributed by atoms with Crippen molar-refractivity contribution in [1.82, 2.24) is 0 Å². The number of hydrogen-bond acceptors (Lipinski definition) is 3. The van der Waals surface area contributed by atoms with Crippen molar-refractivity contribution in [2.45, 2.75) is 6.42 Å². The lowest BCUT2D eigenvalue weighted by atomic mass is 10.0. The van der Waals surface area contributed by atoms with Gasteiger partial charge in [0.15, 0.2) is 9.84 Å². The highest BCUT2D eigenvalue weighted by atomic mass is 32.2. The molecule has 0 saturated carbocycles. The molecule has 0 aliphatic heterocycles. The molecule has 1 N–H and O–H groups in total. The van der Waals surface area contributed by atoms with Gasteiger partial charge in [0.05, 0.1) is 17.4 Å². The number of carbonyl (C=O) groups is 1. The van der Waals surface area contributed by atoms with Crippen LogP contribution in [-0.2, 0) is 21.1 Å². The Hall–Kier alpha value is -1.62. The fraction of sp³-hybridized carbons (Fsp3) is 0.308. The maximum Gasteiger partial charge on any atom is 0.307 e. The number of hydrogen-bond donors (Lipinski definition) is 1. The topological polar surface area (TPSA) is 71.4 Å². The first-order chi connectivity index (χ1) is 8.44. The molecule has 0 saturated heterocycles. The zero-order chi connectivity index (χ0) is 13.6. The predicted octanol–water partition coefficient (Wildman–Crippen LogP) is 1.53. The van der Waals surface area contributed by atoms with Gasteiger partial charge in [-0.25, -0.2) is 8.42 Å². The molecule has 0 spiro atoms. The van der Waals surface area contributed by atoms with E-state index in [1.165, 1.54) is 6.08 Å². The Balaban J connectivity index is 2.79. The highest BCUT2D eigenvalue weighted by Crippen LogP contribution is 2.12. The van der Waals surface area contributed by atoms with E-state index in [9.17, 15) is 13.2 Å². The van der Waals surface area contributed by atoms with Crippen LogP contribution < -0.4 is 0 Å². The number of benzene rings is 1. The summed E-state index contributed by atoms with van der Waals surface area (Å²) in [5.41, 5.74) is 0.818. The van der Waals surface area contributed by atoms with E-state index < -0.39 is 21.7 Å². The van der Waals surface area contributed by atoms with Gasteiger partial charge in [-0.3, -0.25) is 4.79 Å². The number of carboxylic acid groups (broad SMARTS) is 1. The quantitative estimate of drug-likeness (QED) is 0.761. The van der Waals surface area contributed by atoms with Crippen LogP contribution in [0.4, 0.5) is 0 Å². The molecule has 98 valence electrons. The van der Waals surface area contributed by atoms with Crippen molar-refractivity contribution < 1.29 is 18.3 Å². The smallest absolute Gasteiger partial charge is 0.307 e. The second kappa shape index (κ2) is 6.35. The average Bonchev–Trinajstić information content (AvgIpc) is 2.29. The van der Waals surface area contributed by atoms with Crippen LogP contribution >= 0.6 is 0 Å². The normalized spacial score (nSPS) is 12.9. The van der Waals surface area contributed by atoms with Gasteiger partial charge in [-0.15, -0.1) is 6.58 Å². The lowest BCUT2D eigenvalue weighted by molar-refractivity contribution is -0.140. The summed E-state index contributed by atoms with van der Waals surface area (Å²) in [4.78, 5) is 11.1. The Morgan fingerprint density at radius 3 is 2.44 bits per heavy atom. The minimum absolute atomic E-state index is 0.189. The van der Waals surface area contributed by atoms with Crippen molar-refractivity contribution in [2.75, 3.05) is 11.5 Å². The van der Waals surface area contributed by atoms with Gasteiger partial charge in [-0.05, 0) is 12.0 Å². The van der Waals surface area contributed by atoms with Crippen LogP contribution in [0.5, 0.6) is 0 Å². The van der Waals surface area contributed by atoms with E-state index in [-0.39, 0.29) is 17.9 Å². The minimum Gasteiger partial charge on any atom is -0.481 e. The standard InChI is InChI=1S/C13H16O4S/c1-2-8-18(16,17)10-12(13(14)15)9-11-6-4-3-5-7-11/h2-7,12H,1,8-10H2,(H,14,15). The number of aliphatic carboxylic acids is 1. The highest BCUT2D eigenvalue weighted by molar-refractivity contribution is 7.91. The van der Waals surface area contributed by atoms with Crippen molar-refractivity contribution in [1.29, 1.82) is 0 Å². The molecule has 0 amide bonds. The molecule has 0 aliphatic carbocycles. The van der Waals surface area contributed by atoms with Crippen molar-refractivity contribution in [3.05, 3.63) is 48.6 Å². The summed E-state index contributed by atoms with van der Waals surface area (Å²) in [6, 6.07) is 9.00. The third-order valence-electron chi connectivity index (χ3n) is 2.50. The molecule has 1 atom stereocenters. The molecule has 18 heavy (non-hydrogen) atoms. The average molecular weight is 268 g/mol. The summed E-state index contributed by atoms with van der Waals surface area (Å²) >= 11 is 0. The third kappa shape index (κ3) is 4.71. The Kier molecular flexibility index (Phi) is 5.09. The Bertz CT molecular complexity index is 505. The summed E-state index contributed by atoms with van der Waals surface area (Å²) in [6.07, 6.45) is 1.49. The van der Waals surface area contributed by atoms with Crippen molar-refractivity contribution in [2.24, 2.45) is 5.92 Å². The molecule has 1 rings (SSSR count). The van der Waals surface area contributed by atoms with Gasteiger partial charge in [0, 0.05) is 0 Å². The van der Waals surface area contributed by atoms with Crippen LogP contribution in [0.2, 0.25) is 0 Å². The van der Waals surface area contributed by atoms with Gasteiger partial charge in [0.25, 0.3) is 0 Å². The second-order valence-corrected chi connectivity index (χ2v) is 6.24. The molecule has 0 radical (unpaired) electrons. The van der Waals surface area contributed by atoms with Crippen LogP contribution in [0.25, 0.3) is 0 Å². The predicted molar refractivity (Wildman–Crippen MR) is 70.1 cm³/mol. The van der Waals surface area contributed by atoms with E-state index in [0.717, 1.165) is 5.56 Å². The van der Waals surface area contributed by atoms with E-state index in [1.54, 1.807) is 24.3 Å². The van der Waals surface area contributed by atoms with Crippen molar-refractivity contribution in [3.8, 4) is 0 Å². The molecule has 0 aliphatic rings. The van der Waals surface area contributed by atoms with E-state index >= 15 is 0 Å². The molecule has 1 aromatic rings. The zero-order valence-corrected chi connectivity index (χ0v) is 10.8. The summed E-state index contributed by atoms with van der Waals surface area (Å²) in [7, 11) is -3.39. The van der Waals surface area contributed by atoms with E-state index in [4.69, 9.17) is 5.11 Å². The summed E-state index contributed by atoms with van der Waals surface area (Å²) in [5.74, 6) is -2.56. The Labute approximate surface area is 107 Å². The van der Waals surface area contributed by atoms with Crippen LogP contribution in [0.1, 0.15) is 5.56 Å². The fourth-order valence-corrected chi connectivity index (χ4v) is 3.04. The molecular formula is C13H16O4S. The van der Waals surface area contributed by atoms with Crippen LogP contribution in [0.3, 0.4) is 0 Å². The molecule has 0 heterocycles. The van der Waals surface area contributed by atoms with Crippen LogP contribution in [0, 0.1) is 5.92 Å². The molecule has 1 aromatic carbocycles. The van der Waals surface area contributed by atoms with Gasteiger partial charge in [-0.2, -0.15) is 0 Å². The SMILES string of the molecule is C=CCS(=O)(=O)CC(Cc1ccccc1)C(=O)O.